The molecule has 0 unspecified atom stereocenters. The van der Waals surface area contributed by atoms with Crippen LogP contribution in [0, 0.1) is 15.9 Å². The molecule has 0 aromatic heterocycles. The number of carboxylic acid groups (broad SMARTS) is 1. The number of nitrogens with one attached hydrogen (secondary N) is 1. The zero-order valence-electron chi connectivity index (χ0n) is 10.3. The van der Waals surface area contributed by atoms with E-state index in [-0.39, 0.29) is 0 Å². The molecule has 0 saturated heterocycles. The van der Waals surface area contributed by atoms with Gasteiger partial charge in [0.2, 0.25) is 0 Å². The Balaban J connectivity index is 2.39. The van der Waals surface area contributed by atoms with Crippen LogP contribution in [0.15, 0.2) is 40.9 Å². The molecule has 0 aliphatic rings. The second-order valence-electron chi connectivity index (χ2n) is 4.04. The van der Waals surface area contributed by atoms with Crippen LogP contribution in [0.25, 0.3) is 0 Å². The Morgan fingerprint density at radius 2 is 2.00 bits per heavy atom. The second kappa shape index (κ2) is 5.88. The molecule has 2 aromatic rings. The first-order valence-corrected chi connectivity index (χ1v) is 6.41. The summed E-state index contributed by atoms with van der Waals surface area (Å²) in [6.07, 6.45) is 0. The molecule has 8 heteroatoms. The van der Waals surface area contributed by atoms with Crippen LogP contribution in [0.1, 0.15) is 10.4 Å². The molecular formula is C13H8BrFN2O4. The van der Waals surface area contributed by atoms with Crippen LogP contribution >= 0.6 is 15.9 Å². The normalized spacial score (nSPS) is 10.2. The first kappa shape index (κ1) is 14.9. The molecule has 0 saturated carbocycles. The minimum atomic E-state index is -1.40. The predicted octanol–water partition coefficient (Wildman–Crippen LogP) is 3.94. The Morgan fingerprint density at radius 3 is 2.57 bits per heavy atom. The Labute approximate surface area is 126 Å². The van der Waals surface area contributed by atoms with E-state index in [1.807, 2.05) is 0 Å². The SMILES string of the molecule is O=C(O)c1cc(Nc2ccc(F)cc2Br)ccc1[N+](=O)[O-]. The molecule has 0 radical (unpaired) electrons. The summed E-state index contributed by atoms with van der Waals surface area (Å²) in [4.78, 5) is 21.0. The zero-order valence-corrected chi connectivity index (χ0v) is 11.9. The van der Waals surface area contributed by atoms with Gasteiger partial charge in [-0.15, -0.1) is 0 Å². The van der Waals surface area contributed by atoms with Crippen molar-refractivity contribution in [2.45, 2.75) is 0 Å². The number of hydrogen-bond acceptors (Lipinski definition) is 4. The number of nitrogens with zero attached hydrogens (tertiary/aromatic N) is 1. The predicted molar refractivity (Wildman–Crippen MR) is 77.4 cm³/mol. The fraction of sp³-hybridized carbons (Fsp3) is 0. The Kier molecular flexibility index (Phi) is 4.18. The summed E-state index contributed by atoms with van der Waals surface area (Å²) in [5, 5.41) is 22.6. The average Bonchev–Trinajstić information content (AvgIpc) is 2.41. The molecule has 0 spiro atoms. The third-order valence-corrected chi connectivity index (χ3v) is 3.29. The van der Waals surface area contributed by atoms with E-state index in [4.69, 9.17) is 5.11 Å². The highest BCUT2D eigenvalue weighted by Gasteiger charge is 2.20. The number of anilines is 2. The Morgan fingerprint density at radius 1 is 1.29 bits per heavy atom. The molecule has 2 N–H and O–H groups in total. The molecule has 0 atom stereocenters. The van der Waals surface area contributed by atoms with Gasteiger partial charge in [0, 0.05) is 16.2 Å². The highest BCUT2D eigenvalue weighted by molar-refractivity contribution is 9.10. The van der Waals surface area contributed by atoms with Gasteiger partial charge >= 0.3 is 5.97 Å². The maximum absolute atomic E-state index is 13.0. The lowest BCUT2D eigenvalue weighted by atomic mass is 10.1. The van der Waals surface area contributed by atoms with E-state index in [9.17, 15) is 19.3 Å². The Bertz CT molecular complexity index is 736. The number of halogens is 2. The number of nitro groups is 1. The molecule has 0 fully saturated rings. The van der Waals surface area contributed by atoms with Crippen LogP contribution in [-0.2, 0) is 0 Å². The van der Waals surface area contributed by atoms with Crippen LogP contribution in [-0.4, -0.2) is 16.0 Å². The summed E-state index contributed by atoms with van der Waals surface area (Å²) in [5.41, 5.74) is -0.0821. The number of carbonyl (C=O) groups is 1. The van der Waals surface area contributed by atoms with Gasteiger partial charge in [-0.05, 0) is 46.3 Å². The fourth-order valence-electron chi connectivity index (χ4n) is 1.69. The van der Waals surface area contributed by atoms with Gasteiger partial charge in [0.25, 0.3) is 5.69 Å². The standard InChI is InChI=1S/C13H8BrFN2O4/c14-10-5-7(15)1-3-11(10)16-8-2-4-12(17(20)21)9(6-8)13(18)19/h1-6,16H,(H,18,19). The van der Waals surface area contributed by atoms with Gasteiger partial charge in [0.1, 0.15) is 11.4 Å². The minimum Gasteiger partial charge on any atom is -0.477 e. The highest BCUT2D eigenvalue weighted by Crippen LogP contribution is 2.29. The van der Waals surface area contributed by atoms with Crippen molar-refractivity contribution in [1.29, 1.82) is 0 Å². The molecule has 0 amide bonds. The average molecular weight is 355 g/mol. The smallest absolute Gasteiger partial charge is 0.342 e. The van der Waals surface area contributed by atoms with Crippen LogP contribution in [0.5, 0.6) is 0 Å². The van der Waals surface area contributed by atoms with Crippen LogP contribution in [0.4, 0.5) is 21.5 Å². The summed E-state index contributed by atoms with van der Waals surface area (Å²) >= 11 is 3.16. The lowest BCUT2D eigenvalue weighted by molar-refractivity contribution is -0.385. The first-order chi connectivity index (χ1) is 9.88. The second-order valence-corrected chi connectivity index (χ2v) is 4.90. The van der Waals surface area contributed by atoms with E-state index in [1.54, 1.807) is 0 Å². The van der Waals surface area contributed by atoms with Crippen LogP contribution < -0.4 is 5.32 Å². The molecule has 2 rings (SSSR count). The molecular weight excluding hydrogens is 347 g/mol. The van der Waals surface area contributed by atoms with E-state index in [0.29, 0.717) is 15.8 Å². The van der Waals surface area contributed by atoms with Crippen molar-refractivity contribution in [1.82, 2.24) is 0 Å². The van der Waals surface area contributed by atoms with Gasteiger partial charge in [-0.2, -0.15) is 0 Å². The summed E-state index contributed by atoms with van der Waals surface area (Å²) in [7, 11) is 0. The summed E-state index contributed by atoms with van der Waals surface area (Å²) in [6.45, 7) is 0. The van der Waals surface area contributed by atoms with Crippen molar-refractivity contribution in [2.75, 3.05) is 5.32 Å². The van der Waals surface area contributed by atoms with Crippen molar-refractivity contribution >= 4 is 39.0 Å². The zero-order chi connectivity index (χ0) is 15.6. The lowest BCUT2D eigenvalue weighted by Gasteiger charge is -2.09. The summed E-state index contributed by atoms with van der Waals surface area (Å²) < 4.78 is 13.4. The van der Waals surface area contributed by atoms with E-state index in [2.05, 4.69) is 21.2 Å². The van der Waals surface area contributed by atoms with E-state index >= 15 is 0 Å². The van der Waals surface area contributed by atoms with E-state index in [1.165, 1.54) is 24.3 Å². The van der Waals surface area contributed by atoms with E-state index < -0.39 is 28.0 Å². The molecule has 0 aliphatic carbocycles. The van der Waals surface area contributed by atoms with Gasteiger partial charge in [0.05, 0.1) is 10.6 Å². The van der Waals surface area contributed by atoms with Crippen molar-refractivity contribution in [2.24, 2.45) is 0 Å². The lowest BCUT2D eigenvalue weighted by Crippen LogP contribution is -2.03. The fourth-order valence-corrected chi connectivity index (χ4v) is 2.14. The quantitative estimate of drug-likeness (QED) is 0.640. The van der Waals surface area contributed by atoms with Gasteiger partial charge in [-0.25, -0.2) is 9.18 Å². The molecule has 2 aromatic carbocycles. The van der Waals surface area contributed by atoms with Crippen molar-refractivity contribution in [3.8, 4) is 0 Å². The number of benzene rings is 2. The molecule has 0 aliphatic heterocycles. The topological polar surface area (TPSA) is 92.5 Å². The molecule has 0 heterocycles. The third kappa shape index (κ3) is 3.34. The number of hydrogen-bond donors (Lipinski definition) is 2. The number of aromatic carboxylic acids is 1. The maximum atomic E-state index is 13.0. The molecule has 21 heavy (non-hydrogen) atoms. The van der Waals surface area contributed by atoms with Crippen LogP contribution in [0.3, 0.4) is 0 Å². The molecule has 0 bridgehead atoms. The van der Waals surface area contributed by atoms with Crippen molar-refractivity contribution < 1.29 is 19.2 Å². The monoisotopic (exact) mass is 354 g/mol. The number of carboxylic acids is 1. The highest BCUT2D eigenvalue weighted by atomic mass is 79.9. The summed E-state index contributed by atoms with van der Waals surface area (Å²) in [6, 6.07) is 7.56. The number of rotatable bonds is 4. The van der Waals surface area contributed by atoms with E-state index in [0.717, 1.165) is 12.1 Å². The van der Waals surface area contributed by atoms with Gasteiger partial charge in [0.15, 0.2) is 0 Å². The Hall–Kier alpha value is -2.48. The third-order valence-electron chi connectivity index (χ3n) is 2.63. The van der Waals surface area contributed by atoms with Gasteiger partial charge < -0.3 is 10.4 Å². The van der Waals surface area contributed by atoms with Crippen molar-refractivity contribution in [3.05, 3.63) is 62.4 Å². The first-order valence-electron chi connectivity index (χ1n) is 5.62. The molecule has 108 valence electrons. The largest absolute Gasteiger partial charge is 0.477 e. The minimum absolute atomic E-state index is 0.338. The maximum Gasteiger partial charge on any atom is 0.342 e. The summed E-state index contributed by atoms with van der Waals surface area (Å²) in [5.74, 6) is -1.83. The van der Waals surface area contributed by atoms with Crippen molar-refractivity contribution in [3.63, 3.8) is 0 Å². The van der Waals surface area contributed by atoms with Gasteiger partial charge in [-0.3, -0.25) is 10.1 Å². The van der Waals surface area contributed by atoms with Gasteiger partial charge in [-0.1, -0.05) is 0 Å². The number of nitro benzene ring substituents is 1. The molecule has 6 nitrogen and oxygen atoms in total. The van der Waals surface area contributed by atoms with Crippen LogP contribution in [0.2, 0.25) is 0 Å².